The predicted octanol–water partition coefficient (Wildman–Crippen LogP) is 22.0. The molecule has 18 aromatic rings. The van der Waals surface area contributed by atoms with Crippen molar-refractivity contribution in [3.8, 4) is 67.2 Å². The van der Waals surface area contributed by atoms with Crippen molar-refractivity contribution in [2.45, 2.75) is 0 Å². The SMILES string of the molecule is c1ccc2c(-c3ccc(-c4nc(-c5ccc(-c6c7ccccc7nc7ccccc67)cc5)c5cc(-c6ccc7c8ccccc8c8ccccc8c7c6)cc(-c6ccc7c8ccccc8c8ccccc8c7c6)c5n4)cc3)c3ccccc3nc2c1. The van der Waals surface area contributed by atoms with E-state index in [-0.39, 0.29) is 0 Å². The molecule has 396 valence electrons. The van der Waals surface area contributed by atoms with E-state index >= 15 is 0 Å². The van der Waals surface area contributed by atoms with Crippen LogP contribution in [0.2, 0.25) is 0 Å². The first-order valence-corrected chi connectivity index (χ1v) is 29.4. The van der Waals surface area contributed by atoms with E-state index in [4.69, 9.17) is 19.9 Å². The molecule has 3 aromatic heterocycles. The molecule has 0 fully saturated rings. The van der Waals surface area contributed by atoms with Gasteiger partial charge in [-0.05, 0) is 141 Å². The third-order valence-corrected chi connectivity index (χ3v) is 18.0. The highest BCUT2D eigenvalue weighted by Gasteiger charge is 2.22. The largest absolute Gasteiger partial charge is 0.248 e. The summed E-state index contributed by atoms with van der Waals surface area (Å²) in [6.07, 6.45) is 0. The van der Waals surface area contributed by atoms with Crippen LogP contribution in [0.25, 0.3) is 186 Å². The third-order valence-electron chi connectivity index (χ3n) is 18.0. The maximum Gasteiger partial charge on any atom is 0.160 e. The van der Waals surface area contributed by atoms with Gasteiger partial charge in [0, 0.05) is 54.7 Å². The minimum atomic E-state index is 0.647. The van der Waals surface area contributed by atoms with Crippen LogP contribution in [0.3, 0.4) is 0 Å². The first-order chi connectivity index (χ1) is 42.6. The van der Waals surface area contributed by atoms with Gasteiger partial charge in [0.2, 0.25) is 0 Å². The number of hydrogen-bond donors (Lipinski definition) is 0. The lowest BCUT2D eigenvalue weighted by Gasteiger charge is -2.18. The normalized spacial score (nSPS) is 12.0. The van der Waals surface area contributed by atoms with Gasteiger partial charge in [0.1, 0.15) is 0 Å². The summed E-state index contributed by atoms with van der Waals surface area (Å²) in [7, 11) is 0. The number of para-hydroxylation sites is 4. The van der Waals surface area contributed by atoms with Crippen molar-refractivity contribution in [3.05, 3.63) is 291 Å². The van der Waals surface area contributed by atoms with Gasteiger partial charge >= 0.3 is 0 Å². The average Bonchev–Trinajstić information content (AvgIpc) is 3.45. The number of hydrogen-bond acceptors (Lipinski definition) is 4. The molecular formula is C82H48N4. The van der Waals surface area contributed by atoms with Gasteiger partial charge < -0.3 is 0 Å². The highest BCUT2D eigenvalue weighted by Crippen LogP contribution is 2.45. The molecule has 0 radical (unpaired) electrons. The fourth-order valence-corrected chi connectivity index (χ4v) is 14.0. The zero-order chi connectivity index (χ0) is 56.4. The van der Waals surface area contributed by atoms with Crippen LogP contribution < -0.4 is 0 Å². The summed E-state index contributed by atoms with van der Waals surface area (Å²) in [6, 6.07) is 106. The maximum atomic E-state index is 5.77. The second-order valence-electron chi connectivity index (χ2n) is 22.7. The third kappa shape index (κ3) is 7.50. The average molecular weight is 1090 g/mol. The quantitative estimate of drug-likeness (QED) is 0.123. The molecule has 4 nitrogen and oxygen atoms in total. The summed E-state index contributed by atoms with van der Waals surface area (Å²) in [5.41, 5.74) is 16.4. The Morgan fingerprint density at radius 2 is 0.477 bits per heavy atom. The van der Waals surface area contributed by atoms with Gasteiger partial charge in [-0.2, -0.15) is 0 Å². The summed E-state index contributed by atoms with van der Waals surface area (Å²) in [5, 5.41) is 20.2. The molecule has 18 rings (SSSR count). The standard InChI is InChI=1S/C82H48N4/c1-3-21-60-56(17-1)58-19-5-7-23-62(58)71-45-53(41-43-64(60)71)55-47-70(54-42-44-65-61-22-4-2-18-57(61)59-20-6-8-24-63(59)72(65)46-54)81-73(48-55)80(51-37-33-49(34-38-51)78-66-25-9-13-29-74(66)83-75-30-14-10-26-67(75)78)85-82(86-81)52-39-35-50(36-40-52)79-68-27-11-15-31-76(68)84-77-32-16-12-28-69(77)79/h1-48H. The smallest absolute Gasteiger partial charge is 0.160 e. The zero-order valence-corrected chi connectivity index (χ0v) is 46.5. The van der Waals surface area contributed by atoms with E-state index in [1.54, 1.807) is 0 Å². The molecule has 0 atom stereocenters. The first kappa shape index (κ1) is 48.1. The Morgan fingerprint density at radius 1 is 0.174 bits per heavy atom. The van der Waals surface area contributed by atoms with E-state index in [1.165, 1.54) is 70.2 Å². The number of pyridine rings is 2. The second kappa shape index (κ2) is 19.0. The van der Waals surface area contributed by atoms with Crippen LogP contribution in [-0.2, 0) is 0 Å². The molecule has 4 heteroatoms. The Morgan fingerprint density at radius 3 is 0.895 bits per heavy atom. The van der Waals surface area contributed by atoms with Crippen LogP contribution in [0.5, 0.6) is 0 Å². The molecule has 3 heterocycles. The number of fused-ring (bicyclic) bond motifs is 17. The summed E-state index contributed by atoms with van der Waals surface area (Å²) in [4.78, 5) is 21.7. The van der Waals surface area contributed by atoms with Crippen molar-refractivity contribution in [2.24, 2.45) is 0 Å². The monoisotopic (exact) mass is 1090 g/mol. The lowest BCUT2D eigenvalue weighted by molar-refractivity contribution is 1.23. The van der Waals surface area contributed by atoms with Crippen molar-refractivity contribution < 1.29 is 0 Å². The molecule has 0 bridgehead atoms. The Labute approximate surface area is 494 Å². The van der Waals surface area contributed by atoms with Gasteiger partial charge in [-0.25, -0.2) is 19.9 Å². The number of rotatable bonds is 6. The minimum Gasteiger partial charge on any atom is -0.248 e. The molecule has 0 amide bonds. The van der Waals surface area contributed by atoms with Gasteiger partial charge in [0.05, 0.1) is 33.3 Å². The van der Waals surface area contributed by atoms with Crippen molar-refractivity contribution in [1.82, 2.24) is 19.9 Å². The lowest BCUT2D eigenvalue weighted by Crippen LogP contribution is -1.98. The van der Waals surface area contributed by atoms with Crippen LogP contribution in [0.1, 0.15) is 0 Å². The van der Waals surface area contributed by atoms with Crippen molar-refractivity contribution >= 4 is 119 Å². The summed E-state index contributed by atoms with van der Waals surface area (Å²) >= 11 is 0. The topological polar surface area (TPSA) is 51.6 Å². The predicted molar refractivity (Wildman–Crippen MR) is 363 cm³/mol. The molecule has 0 N–H and O–H groups in total. The molecule has 0 saturated heterocycles. The van der Waals surface area contributed by atoms with Crippen LogP contribution >= 0.6 is 0 Å². The molecule has 15 aromatic carbocycles. The lowest BCUT2D eigenvalue weighted by atomic mass is 9.88. The van der Waals surface area contributed by atoms with Crippen molar-refractivity contribution in [2.75, 3.05) is 0 Å². The van der Waals surface area contributed by atoms with E-state index < -0.39 is 0 Å². The molecule has 0 aliphatic heterocycles. The fourth-order valence-electron chi connectivity index (χ4n) is 14.0. The number of benzene rings is 15. The van der Waals surface area contributed by atoms with E-state index in [0.29, 0.717) is 5.82 Å². The van der Waals surface area contributed by atoms with Gasteiger partial charge in [-0.1, -0.05) is 243 Å². The van der Waals surface area contributed by atoms with E-state index in [2.05, 4.69) is 291 Å². The van der Waals surface area contributed by atoms with Crippen LogP contribution in [0.4, 0.5) is 0 Å². The van der Waals surface area contributed by atoms with E-state index in [1.807, 2.05) is 0 Å². The highest BCUT2D eigenvalue weighted by atomic mass is 14.9. The minimum absolute atomic E-state index is 0.647. The van der Waals surface area contributed by atoms with E-state index in [9.17, 15) is 0 Å². The first-order valence-electron chi connectivity index (χ1n) is 29.4. The molecule has 0 unspecified atom stereocenters. The Balaban J connectivity index is 0.910. The zero-order valence-electron chi connectivity index (χ0n) is 46.5. The Bertz CT molecular complexity index is 5710. The van der Waals surface area contributed by atoms with E-state index in [0.717, 1.165) is 110 Å². The molecular weight excluding hydrogens is 1040 g/mol. The van der Waals surface area contributed by atoms with Gasteiger partial charge in [0.15, 0.2) is 5.82 Å². The fraction of sp³-hybridized carbons (Fsp3) is 0. The number of aromatic nitrogens is 4. The van der Waals surface area contributed by atoms with Gasteiger partial charge in [-0.15, -0.1) is 0 Å². The van der Waals surface area contributed by atoms with Gasteiger partial charge in [-0.3, -0.25) is 0 Å². The van der Waals surface area contributed by atoms with Crippen LogP contribution in [0.15, 0.2) is 291 Å². The van der Waals surface area contributed by atoms with Crippen molar-refractivity contribution in [1.29, 1.82) is 0 Å². The summed E-state index contributed by atoms with van der Waals surface area (Å²) in [6.45, 7) is 0. The van der Waals surface area contributed by atoms with Crippen molar-refractivity contribution in [3.63, 3.8) is 0 Å². The van der Waals surface area contributed by atoms with Crippen LogP contribution in [-0.4, -0.2) is 19.9 Å². The maximum absolute atomic E-state index is 5.77. The van der Waals surface area contributed by atoms with Gasteiger partial charge in [0.25, 0.3) is 0 Å². The molecule has 0 aliphatic carbocycles. The van der Waals surface area contributed by atoms with Crippen LogP contribution in [0, 0.1) is 0 Å². The highest BCUT2D eigenvalue weighted by molar-refractivity contribution is 6.27. The Kier molecular flexibility index (Phi) is 10.7. The molecule has 0 spiro atoms. The number of nitrogens with zero attached hydrogens (tertiary/aromatic N) is 4. The summed E-state index contributed by atoms with van der Waals surface area (Å²) in [5.74, 6) is 0.647. The summed E-state index contributed by atoms with van der Waals surface area (Å²) < 4.78 is 0. The Hall–Kier alpha value is -11.5. The second-order valence-corrected chi connectivity index (χ2v) is 22.7. The molecule has 86 heavy (non-hydrogen) atoms. The molecule has 0 aliphatic rings. The molecule has 0 saturated carbocycles.